The van der Waals surface area contributed by atoms with Crippen LogP contribution in [0.3, 0.4) is 0 Å². The minimum Gasteiger partial charge on any atom is -0.463 e. The molecule has 0 saturated carbocycles. The van der Waals surface area contributed by atoms with Crippen molar-refractivity contribution in [2.75, 3.05) is 6.61 Å². The Hall–Kier alpha value is -3.39. The van der Waals surface area contributed by atoms with Gasteiger partial charge in [-0.15, -0.1) is 0 Å². The molecule has 0 fully saturated rings. The van der Waals surface area contributed by atoms with Crippen LogP contribution in [-0.4, -0.2) is 12.6 Å². The molecule has 0 aliphatic carbocycles. The summed E-state index contributed by atoms with van der Waals surface area (Å²) in [6.07, 6.45) is 0. The van der Waals surface area contributed by atoms with Gasteiger partial charge in [0, 0.05) is 5.56 Å². The number of nitrogens with zero attached hydrogens (tertiary/aromatic N) is 2. The van der Waals surface area contributed by atoms with E-state index in [4.69, 9.17) is 20.5 Å². The van der Waals surface area contributed by atoms with E-state index >= 15 is 0 Å². The molecule has 1 aliphatic rings. The van der Waals surface area contributed by atoms with Crippen molar-refractivity contribution in [3.05, 3.63) is 57.7 Å². The first-order valence-corrected chi connectivity index (χ1v) is 7.20. The summed E-state index contributed by atoms with van der Waals surface area (Å²) in [7, 11) is 0. The van der Waals surface area contributed by atoms with Crippen LogP contribution in [0.25, 0.3) is 0 Å². The van der Waals surface area contributed by atoms with Crippen LogP contribution in [0.15, 0.2) is 34.9 Å². The van der Waals surface area contributed by atoms with E-state index in [2.05, 4.69) is 0 Å². The van der Waals surface area contributed by atoms with E-state index < -0.39 is 34.6 Å². The van der Waals surface area contributed by atoms with Gasteiger partial charge in [0.1, 0.15) is 35.1 Å². The molecule has 6 nitrogen and oxygen atoms in total. The number of benzene rings is 1. The minimum atomic E-state index is -1.48. The number of ether oxygens (including phenoxy) is 2. The predicted molar refractivity (Wildman–Crippen MR) is 81.1 cm³/mol. The molecule has 8 heteroatoms. The largest absolute Gasteiger partial charge is 0.463 e. The second-order valence-corrected chi connectivity index (χ2v) is 5.05. The van der Waals surface area contributed by atoms with Crippen molar-refractivity contribution >= 4 is 5.97 Å². The Morgan fingerprint density at radius 1 is 1.36 bits per heavy atom. The number of hydrogen-bond acceptors (Lipinski definition) is 6. The fraction of sp³-hybridized carbons (Fsp3) is 0.235. The summed E-state index contributed by atoms with van der Waals surface area (Å²) in [6, 6.07) is 5.15. The smallest absolute Gasteiger partial charge is 0.338 e. The van der Waals surface area contributed by atoms with Crippen molar-refractivity contribution in [2.45, 2.75) is 19.8 Å². The number of esters is 1. The van der Waals surface area contributed by atoms with Crippen molar-refractivity contribution in [2.24, 2.45) is 5.73 Å². The second kappa shape index (κ2) is 7.02. The van der Waals surface area contributed by atoms with Gasteiger partial charge in [-0.25, -0.2) is 13.6 Å². The molecule has 2 N–H and O–H groups in total. The number of halogens is 2. The van der Waals surface area contributed by atoms with Crippen LogP contribution in [0.5, 0.6) is 0 Å². The lowest BCUT2D eigenvalue weighted by Crippen LogP contribution is -2.27. The first-order chi connectivity index (χ1) is 11.9. The lowest BCUT2D eigenvalue weighted by atomic mass is 9.82. The SMILES string of the molecule is CCOC(=O)C1=C(C)OC(N)=C(C#N)C1c1c(F)ccc(C#N)c1F. The van der Waals surface area contributed by atoms with Crippen molar-refractivity contribution in [1.82, 2.24) is 0 Å². The van der Waals surface area contributed by atoms with Gasteiger partial charge in [0.05, 0.1) is 23.7 Å². The number of carbonyl (C=O) groups is 1. The molecular weight excluding hydrogens is 332 g/mol. The van der Waals surface area contributed by atoms with E-state index in [1.807, 2.05) is 0 Å². The Kier molecular flexibility index (Phi) is 5.04. The lowest BCUT2D eigenvalue weighted by Gasteiger charge is -2.27. The molecule has 1 unspecified atom stereocenters. The molecule has 0 radical (unpaired) electrons. The summed E-state index contributed by atoms with van der Waals surface area (Å²) in [5.41, 5.74) is 3.99. The van der Waals surface area contributed by atoms with E-state index in [1.54, 1.807) is 19.1 Å². The van der Waals surface area contributed by atoms with Gasteiger partial charge >= 0.3 is 5.97 Å². The molecule has 1 aromatic carbocycles. The van der Waals surface area contributed by atoms with Gasteiger partial charge in [-0.1, -0.05) is 0 Å². The highest BCUT2D eigenvalue weighted by molar-refractivity contribution is 5.92. The molecule has 0 aromatic heterocycles. The molecule has 1 heterocycles. The highest BCUT2D eigenvalue weighted by atomic mass is 19.1. The molecular formula is C17H13F2N3O3. The third-order valence-corrected chi connectivity index (χ3v) is 3.64. The van der Waals surface area contributed by atoms with Gasteiger partial charge in [-0.3, -0.25) is 0 Å². The fourth-order valence-corrected chi connectivity index (χ4v) is 2.56. The Labute approximate surface area is 142 Å². The minimum absolute atomic E-state index is 0.00656. The Balaban J connectivity index is 2.81. The highest BCUT2D eigenvalue weighted by Crippen LogP contribution is 2.42. The Bertz CT molecular complexity index is 892. The van der Waals surface area contributed by atoms with Gasteiger partial charge in [-0.05, 0) is 26.0 Å². The molecule has 1 aromatic rings. The standard InChI is InChI=1S/C17H13F2N3O3/c1-3-24-17(23)12-8(2)25-16(22)10(7-21)13(12)14-11(18)5-4-9(6-20)15(14)19/h4-5,13H,3,22H2,1-2H3. The van der Waals surface area contributed by atoms with Crippen molar-refractivity contribution in [1.29, 1.82) is 10.5 Å². The van der Waals surface area contributed by atoms with Crippen LogP contribution in [0.4, 0.5) is 8.78 Å². The first kappa shape index (κ1) is 18.0. The van der Waals surface area contributed by atoms with Gasteiger partial charge in [0.25, 0.3) is 0 Å². The molecule has 0 bridgehead atoms. The van der Waals surface area contributed by atoms with Crippen molar-refractivity contribution < 1.29 is 23.0 Å². The maximum absolute atomic E-state index is 14.7. The normalized spacial score (nSPS) is 16.8. The number of rotatable bonds is 3. The molecule has 1 aliphatic heterocycles. The Morgan fingerprint density at radius 3 is 2.60 bits per heavy atom. The van der Waals surface area contributed by atoms with Crippen LogP contribution in [0.2, 0.25) is 0 Å². The lowest BCUT2D eigenvalue weighted by molar-refractivity contribution is -0.139. The molecule has 128 valence electrons. The molecule has 0 saturated heterocycles. The summed E-state index contributed by atoms with van der Waals surface area (Å²) in [5.74, 6) is -5.00. The number of hydrogen-bond donors (Lipinski definition) is 1. The van der Waals surface area contributed by atoms with Crippen molar-refractivity contribution in [3.63, 3.8) is 0 Å². The molecule has 0 amide bonds. The molecule has 1 atom stereocenters. The van der Waals surface area contributed by atoms with E-state index in [-0.39, 0.29) is 29.4 Å². The molecule has 0 spiro atoms. The highest BCUT2D eigenvalue weighted by Gasteiger charge is 2.39. The summed E-state index contributed by atoms with van der Waals surface area (Å²) < 4.78 is 39.1. The summed E-state index contributed by atoms with van der Waals surface area (Å²) >= 11 is 0. The summed E-state index contributed by atoms with van der Waals surface area (Å²) in [6.45, 7) is 2.93. The summed E-state index contributed by atoms with van der Waals surface area (Å²) in [5, 5.41) is 18.3. The third-order valence-electron chi connectivity index (χ3n) is 3.64. The summed E-state index contributed by atoms with van der Waals surface area (Å²) in [4.78, 5) is 12.3. The first-order valence-electron chi connectivity index (χ1n) is 7.20. The predicted octanol–water partition coefficient (Wildman–Crippen LogP) is 2.48. The zero-order chi connectivity index (χ0) is 18.7. The number of carbonyl (C=O) groups excluding carboxylic acids is 1. The molecule has 25 heavy (non-hydrogen) atoms. The Morgan fingerprint density at radius 2 is 2.04 bits per heavy atom. The zero-order valence-corrected chi connectivity index (χ0v) is 13.4. The van der Waals surface area contributed by atoms with E-state index in [0.717, 1.165) is 12.1 Å². The number of nitriles is 2. The quantitative estimate of drug-likeness (QED) is 0.843. The second-order valence-electron chi connectivity index (χ2n) is 5.05. The average molecular weight is 345 g/mol. The van der Waals surface area contributed by atoms with Crippen LogP contribution in [0.1, 0.15) is 30.9 Å². The fourth-order valence-electron chi connectivity index (χ4n) is 2.56. The maximum Gasteiger partial charge on any atom is 0.338 e. The van der Waals surface area contributed by atoms with Crippen LogP contribution in [-0.2, 0) is 14.3 Å². The monoisotopic (exact) mass is 345 g/mol. The third kappa shape index (κ3) is 3.02. The van der Waals surface area contributed by atoms with Crippen LogP contribution < -0.4 is 5.73 Å². The van der Waals surface area contributed by atoms with E-state index in [0.29, 0.717) is 0 Å². The van der Waals surface area contributed by atoms with Gasteiger partial charge in [0.2, 0.25) is 5.88 Å². The molecule has 2 rings (SSSR count). The van der Waals surface area contributed by atoms with E-state index in [1.165, 1.54) is 6.92 Å². The van der Waals surface area contributed by atoms with E-state index in [9.17, 15) is 18.8 Å². The average Bonchev–Trinajstić information content (AvgIpc) is 2.55. The van der Waals surface area contributed by atoms with Gasteiger partial charge in [0.15, 0.2) is 0 Å². The van der Waals surface area contributed by atoms with Gasteiger partial charge < -0.3 is 15.2 Å². The van der Waals surface area contributed by atoms with Crippen molar-refractivity contribution in [3.8, 4) is 12.1 Å². The number of allylic oxidation sites excluding steroid dienone is 2. The van der Waals surface area contributed by atoms with Crippen LogP contribution in [0, 0.1) is 34.3 Å². The van der Waals surface area contributed by atoms with Crippen LogP contribution >= 0.6 is 0 Å². The zero-order valence-electron chi connectivity index (χ0n) is 13.4. The maximum atomic E-state index is 14.7. The van der Waals surface area contributed by atoms with Gasteiger partial charge in [-0.2, -0.15) is 10.5 Å². The topological polar surface area (TPSA) is 109 Å². The number of nitrogens with two attached hydrogens (primary N) is 1.